The average Bonchev–Trinajstić information content (AvgIpc) is 2.33. The first-order chi connectivity index (χ1) is 7.29. The zero-order chi connectivity index (χ0) is 11.1. The summed E-state index contributed by atoms with van der Waals surface area (Å²) in [4.78, 5) is 10.4. The first-order valence-electron chi connectivity index (χ1n) is 4.88. The summed E-state index contributed by atoms with van der Waals surface area (Å²) in [6.45, 7) is 0. The van der Waals surface area contributed by atoms with Gasteiger partial charge >= 0.3 is 0 Å². The molecule has 0 aliphatic heterocycles. The van der Waals surface area contributed by atoms with Crippen molar-refractivity contribution in [2.75, 3.05) is 14.2 Å². The lowest BCUT2D eigenvalue weighted by Gasteiger charge is -2.30. The number of rotatable bonds is 6. The van der Waals surface area contributed by atoms with Gasteiger partial charge in [0, 0.05) is 32.6 Å². The molecule has 0 saturated heterocycles. The van der Waals surface area contributed by atoms with Crippen LogP contribution in [-0.2, 0) is 20.1 Å². The molecular weight excluding hydrogens is 192 g/mol. The van der Waals surface area contributed by atoms with Gasteiger partial charge in [0.2, 0.25) is 0 Å². The van der Waals surface area contributed by atoms with Gasteiger partial charge in [-0.3, -0.25) is 0 Å². The first-order valence-corrected chi connectivity index (χ1v) is 4.88. The number of methoxy groups -OCH3 is 2. The number of ether oxygens (including phenoxy) is 2. The zero-order valence-corrected chi connectivity index (χ0v) is 9.10. The Hall–Kier alpha value is -1.19. The molecule has 0 bridgehead atoms. The van der Waals surface area contributed by atoms with Crippen molar-refractivity contribution in [2.24, 2.45) is 0 Å². The van der Waals surface area contributed by atoms with Gasteiger partial charge in [-0.25, -0.2) is 0 Å². The molecule has 3 nitrogen and oxygen atoms in total. The molecule has 0 aliphatic rings. The van der Waals surface area contributed by atoms with Crippen LogP contribution in [0, 0.1) is 0 Å². The van der Waals surface area contributed by atoms with E-state index in [1.807, 2.05) is 30.3 Å². The van der Waals surface area contributed by atoms with Crippen LogP contribution in [-0.4, -0.2) is 20.5 Å². The van der Waals surface area contributed by atoms with Crippen molar-refractivity contribution in [1.82, 2.24) is 0 Å². The number of hydrogen-bond donors (Lipinski definition) is 0. The van der Waals surface area contributed by atoms with Gasteiger partial charge in [-0.15, -0.1) is 0 Å². The van der Waals surface area contributed by atoms with Crippen LogP contribution in [0.2, 0.25) is 0 Å². The molecule has 0 saturated carbocycles. The van der Waals surface area contributed by atoms with E-state index in [1.54, 1.807) is 14.2 Å². The molecule has 0 heterocycles. The molecule has 0 unspecified atom stereocenters. The van der Waals surface area contributed by atoms with Crippen LogP contribution in [0.1, 0.15) is 18.4 Å². The van der Waals surface area contributed by atoms with Crippen molar-refractivity contribution in [3.63, 3.8) is 0 Å². The molecule has 0 aromatic heterocycles. The predicted octanol–water partition coefficient (Wildman–Crippen LogP) is 2.11. The molecule has 15 heavy (non-hydrogen) atoms. The summed E-state index contributed by atoms with van der Waals surface area (Å²) >= 11 is 0. The summed E-state index contributed by atoms with van der Waals surface area (Å²) in [5.41, 5.74) is 0.928. The van der Waals surface area contributed by atoms with Crippen LogP contribution in [0.3, 0.4) is 0 Å². The van der Waals surface area contributed by atoms with Crippen molar-refractivity contribution in [3.8, 4) is 0 Å². The fourth-order valence-electron chi connectivity index (χ4n) is 1.61. The summed E-state index contributed by atoms with van der Waals surface area (Å²) < 4.78 is 10.8. The van der Waals surface area contributed by atoms with E-state index >= 15 is 0 Å². The van der Waals surface area contributed by atoms with E-state index in [4.69, 9.17) is 9.47 Å². The minimum atomic E-state index is -0.803. The fourth-order valence-corrected chi connectivity index (χ4v) is 1.61. The summed E-state index contributed by atoms with van der Waals surface area (Å²) in [7, 11) is 3.17. The Morgan fingerprint density at radius 3 is 2.27 bits per heavy atom. The molecule has 0 atom stereocenters. The second-order valence-corrected chi connectivity index (χ2v) is 3.23. The number of carbonyl (C=O) groups is 1. The second-order valence-electron chi connectivity index (χ2n) is 3.23. The van der Waals surface area contributed by atoms with Gasteiger partial charge in [-0.05, 0) is 0 Å². The Kier molecular flexibility index (Phi) is 4.46. The van der Waals surface area contributed by atoms with Crippen molar-refractivity contribution in [1.29, 1.82) is 0 Å². The lowest BCUT2D eigenvalue weighted by Crippen LogP contribution is -2.30. The Morgan fingerprint density at radius 1 is 1.20 bits per heavy atom. The summed E-state index contributed by atoms with van der Waals surface area (Å²) in [5.74, 6) is -0.803. The third-order valence-corrected chi connectivity index (χ3v) is 2.46. The summed E-state index contributed by atoms with van der Waals surface area (Å²) in [5, 5.41) is 0. The quantitative estimate of drug-likeness (QED) is 0.530. The predicted molar refractivity (Wildman–Crippen MR) is 57.4 cm³/mol. The van der Waals surface area contributed by atoms with E-state index in [2.05, 4.69) is 0 Å². The second kappa shape index (κ2) is 5.63. The summed E-state index contributed by atoms with van der Waals surface area (Å²) in [6, 6.07) is 9.63. The largest absolute Gasteiger partial charge is 0.349 e. The van der Waals surface area contributed by atoms with Gasteiger partial charge in [0.15, 0.2) is 5.79 Å². The number of aldehydes is 1. The van der Waals surface area contributed by atoms with Gasteiger partial charge in [0.1, 0.15) is 6.29 Å². The van der Waals surface area contributed by atoms with Gasteiger partial charge in [-0.2, -0.15) is 0 Å². The molecule has 1 aromatic rings. The lowest BCUT2D eigenvalue weighted by atomic mass is 10.0. The zero-order valence-electron chi connectivity index (χ0n) is 9.10. The molecule has 0 fully saturated rings. The van der Waals surface area contributed by atoms with E-state index in [0.717, 1.165) is 11.8 Å². The van der Waals surface area contributed by atoms with Crippen LogP contribution < -0.4 is 0 Å². The molecule has 1 aromatic carbocycles. The number of carbonyl (C=O) groups excluding carboxylic acids is 1. The maximum absolute atomic E-state index is 10.4. The van der Waals surface area contributed by atoms with E-state index in [-0.39, 0.29) is 0 Å². The Bertz CT molecular complexity index is 291. The normalized spacial score (nSPS) is 11.3. The van der Waals surface area contributed by atoms with Crippen molar-refractivity contribution < 1.29 is 14.3 Å². The minimum Gasteiger partial charge on any atom is -0.349 e. The van der Waals surface area contributed by atoms with Crippen LogP contribution in [0.5, 0.6) is 0 Å². The van der Waals surface area contributed by atoms with Crippen LogP contribution in [0.15, 0.2) is 30.3 Å². The van der Waals surface area contributed by atoms with Crippen LogP contribution >= 0.6 is 0 Å². The highest BCUT2D eigenvalue weighted by Crippen LogP contribution is 2.30. The minimum absolute atomic E-state index is 0.413. The highest BCUT2D eigenvalue weighted by Gasteiger charge is 2.31. The van der Waals surface area contributed by atoms with Crippen molar-refractivity contribution >= 4 is 6.29 Å². The third-order valence-electron chi connectivity index (χ3n) is 2.46. The molecule has 0 N–H and O–H groups in total. The number of benzene rings is 1. The van der Waals surface area contributed by atoms with Gasteiger partial charge in [0.25, 0.3) is 0 Å². The van der Waals surface area contributed by atoms with Crippen LogP contribution in [0.4, 0.5) is 0 Å². The first kappa shape index (κ1) is 11.9. The van der Waals surface area contributed by atoms with E-state index in [1.165, 1.54) is 0 Å². The average molecular weight is 208 g/mol. The van der Waals surface area contributed by atoms with Gasteiger partial charge < -0.3 is 14.3 Å². The molecule has 3 heteroatoms. The SMILES string of the molecule is COC(CCC=O)(OC)c1ccccc1. The molecule has 0 spiro atoms. The standard InChI is InChI=1S/C12H16O3/c1-14-12(15-2,9-6-10-13)11-7-4-3-5-8-11/h3-5,7-8,10H,6,9H2,1-2H3. The molecule has 0 radical (unpaired) electrons. The van der Waals surface area contributed by atoms with E-state index in [0.29, 0.717) is 12.8 Å². The molecular formula is C12H16O3. The highest BCUT2D eigenvalue weighted by atomic mass is 16.7. The van der Waals surface area contributed by atoms with Gasteiger partial charge in [0.05, 0.1) is 0 Å². The monoisotopic (exact) mass is 208 g/mol. The lowest BCUT2D eigenvalue weighted by molar-refractivity contribution is -0.220. The maximum atomic E-state index is 10.4. The van der Waals surface area contributed by atoms with Crippen LogP contribution in [0.25, 0.3) is 0 Å². The Morgan fingerprint density at radius 2 is 1.80 bits per heavy atom. The topological polar surface area (TPSA) is 35.5 Å². The fraction of sp³-hybridized carbons (Fsp3) is 0.417. The van der Waals surface area contributed by atoms with Crippen molar-refractivity contribution in [3.05, 3.63) is 35.9 Å². The Balaban J connectivity index is 2.94. The highest BCUT2D eigenvalue weighted by molar-refractivity contribution is 5.49. The smallest absolute Gasteiger partial charge is 0.194 e. The molecule has 0 amide bonds. The Labute approximate surface area is 90.0 Å². The summed E-state index contributed by atoms with van der Waals surface area (Å²) in [6.07, 6.45) is 1.81. The van der Waals surface area contributed by atoms with E-state index < -0.39 is 5.79 Å². The maximum Gasteiger partial charge on any atom is 0.194 e. The van der Waals surface area contributed by atoms with Gasteiger partial charge in [-0.1, -0.05) is 30.3 Å². The van der Waals surface area contributed by atoms with E-state index in [9.17, 15) is 4.79 Å². The third kappa shape index (κ3) is 2.64. The molecule has 1 rings (SSSR count). The number of hydrogen-bond acceptors (Lipinski definition) is 3. The van der Waals surface area contributed by atoms with Crippen molar-refractivity contribution in [2.45, 2.75) is 18.6 Å². The molecule has 0 aliphatic carbocycles. The molecule has 82 valence electrons.